The Morgan fingerprint density at radius 1 is 1.10 bits per heavy atom. The molecule has 0 saturated heterocycles. The summed E-state index contributed by atoms with van der Waals surface area (Å²) in [6.45, 7) is 0.551. The van der Waals surface area contributed by atoms with Gasteiger partial charge in [0.05, 0.1) is 17.1 Å². The molecule has 0 aliphatic carbocycles. The average Bonchev–Trinajstić information content (AvgIpc) is 2.80. The molecule has 4 rings (SSSR count). The number of carbonyl (C=O) groups is 1. The highest BCUT2D eigenvalue weighted by molar-refractivity contribution is 6.05. The molecule has 1 aliphatic heterocycles. The topological polar surface area (TPSA) is 105 Å². The minimum absolute atomic E-state index is 0.176. The fourth-order valence-corrected chi connectivity index (χ4v) is 3.10. The minimum Gasteiger partial charge on any atom is -0.397 e. The summed E-state index contributed by atoms with van der Waals surface area (Å²) in [5, 5.41) is 6.06. The number of nitrogens with two attached hydrogens (primary N) is 1. The van der Waals surface area contributed by atoms with Crippen LogP contribution in [-0.2, 0) is 6.54 Å². The first-order valence-electron chi connectivity index (χ1n) is 9.69. The van der Waals surface area contributed by atoms with Crippen molar-refractivity contribution in [1.82, 2.24) is 9.97 Å². The third-order valence-electron chi connectivity index (χ3n) is 4.78. The Morgan fingerprint density at radius 3 is 2.70 bits per heavy atom. The van der Waals surface area contributed by atoms with Crippen molar-refractivity contribution in [3.8, 4) is 0 Å². The summed E-state index contributed by atoms with van der Waals surface area (Å²) in [4.78, 5) is 25.5. The number of nitrogens with zero attached hydrogens (tertiary/aromatic N) is 3. The third kappa shape index (κ3) is 4.70. The Morgan fingerprint density at radius 2 is 1.93 bits per heavy atom. The first kappa shape index (κ1) is 19.3. The summed E-state index contributed by atoms with van der Waals surface area (Å²) in [5.41, 5.74) is 9.52. The van der Waals surface area contributed by atoms with Gasteiger partial charge in [-0.15, -0.1) is 0 Å². The van der Waals surface area contributed by atoms with E-state index in [0.29, 0.717) is 29.4 Å². The molecule has 1 aromatic heterocycles. The van der Waals surface area contributed by atoms with Crippen LogP contribution in [0.2, 0.25) is 0 Å². The zero-order chi connectivity index (χ0) is 20.8. The molecule has 1 atom stereocenters. The highest BCUT2D eigenvalue weighted by Crippen LogP contribution is 2.20. The number of allylic oxidation sites excluding steroid dienone is 1. The number of anilines is 3. The van der Waals surface area contributed by atoms with Crippen LogP contribution in [0.15, 0.2) is 78.1 Å². The van der Waals surface area contributed by atoms with Gasteiger partial charge in [0, 0.05) is 36.6 Å². The van der Waals surface area contributed by atoms with Gasteiger partial charge in [0.25, 0.3) is 5.91 Å². The molecule has 0 saturated carbocycles. The lowest BCUT2D eigenvalue weighted by Gasteiger charge is -2.13. The number of nitrogens with one attached hydrogen (secondary N) is 2. The second kappa shape index (κ2) is 9.00. The SMILES string of the molecule is Nc1ccccc1NC(=O)c1ccc(CNc2nccc(C3C=NC=CC3)n2)cc1. The van der Waals surface area contributed by atoms with E-state index < -0.39 is 0 Å². The first-order valence-corrected chi connectivity index (χ1v) is 9.69. The van der Waals surface area contributed by atoms with Crippen LogP contribution in [0.1, 0.15) is 34.0 Å². The molecular formula is C23H22N6O. The number of nitrogen functional groups attached to an aromatic ring is 1. The van der Waals surface area contributed by atoms with Gasteiger partial charge in [-0.2, -0.15) is 0 Å². The van der Waals surface area contributed by atoms with Gasteiger partial charge in [-0.05, 0) is 42.3 Å². The number of hydrogen-bond donors (Lipinski definition) is 3. The molecule has 0 fully saturated rings. The first-order chi connectivity index (χ1) is 14.7. The summed E-state index contributed by atoms with van der Waals surface area (Å²) >= 11 is 0. The number of amides is 1. The minimum atomic E-state index is -0.202. The van der Waals surface area contributed by atoms with Gasteiger partial charge < -0.3 is 16.4 Å². The number of aromatic nitrogens is 2. The van der Waals surface area contributed by atoms with E-state index >= 15 is 0 Å². The number of para-hydroxylation sites is 2. The molecule has 7 heteroatoms. The normalized spacial score (nSPS) is 15.0. The quantitative estimate of drug-likeness (QED) is 0.545. The molecule has 150 valence electrons. The molecule has 1 amide bonds. The molecular weight excluding hydrogens is 376 g/mol. The predicted molar refractivity (Wildman–Crippen MR) is 120 cm³/mol. The highest BCUT2D eigenvalue weighted by atomic mass is 16.1. The summed E-state index contributed by atoms with van der Waals surface area (Å²) in [5.74, 6) is 0.540. The van der Waals surface area contributed by atoms with Crippen molar-refractivity contribution < 1.29 is 4.79 Å². The van der Waals surface area contributed by atoms with Crippen LogP contribution >= 0.6 is 0 Å². The van der Waals surface area contributed by atoms with Crippen molar-refractivity contribution in [3.05, 3.63) is 89.9 Å². The van der Waals surface area contributed by atoms with Crippen LogP contribution in [0, 0.1) is 0 Å². The van der Waals surface area contributed by atoms with E-state index in [1.54, 1.807) is 36.7 Å². The fraction of sp³-hybridized carbons (Fsp3) is 0.130. The van der Waals surface area contributed by atoms with Crippen LogP contribution in [0.3, 0.4) is 0 Å². The second-order valence-corrected chi connectivity index (χ2v) is 6.92. The molecule has 30 heavy (non-hydrogen) atoms. The second-order valence-electron chi connectivity index (χ2n) is 6.92. The lowest BCUT2D eigenvalue weighted by Crippen LogP contribution is -2.13. The maximum absolute atomic E-state index is 12.4. The Balaban J connectivity index is 1.36. The Labute approximate surface area is 174 Å². The van der Waals surface area contributed by atoms with E-state index in [1.165, 1.54) is 0 Å². The van der Waals surface area contributed by atoms with E-state index in [2.05, 4.69) is 25.6 Å². The molecule has 2 aromatic carbocycles. The number of hydrogen-bond acceptors (Lipinski definition) is 6. The highest BCUT2D eigenvalue weighted by Gasteiger charge is 2.12. The van der Waals surface area contributed by atoms with Crippen molar-refractivity contribution in [2.45, 2.75) is 18.9 Å². The lowest BCUT2D eigenvalue weighted by molar-refractivity contribution is 0.102. The molecule has 1 unspecified atom stereocenters. The van der Waals surface area contributed by atoms with Crippen LogP contribution in [0.25, 0.3) is 0 Å². The van der Waals surface area contributed by atoms with Gasteiger partial charge in [0.1, 0.15) is 0 Å². The van der Waals surface area contributed by atoms with Crippen molar-refractivity contribution in [2.75, 3.05) is 16.4 Å². The molecule has 3 aromatic rings. The van der Waals surface area contributed by atoms with E-state index in [4.69, 9.17) is 5.73 Å². The molecule has 0 bridgehead atoms. The molecule has 4 N–H and O–H groups in total. The standard InChI is InChI=1S/C23H22N6O/c24-19-5-1-2-6-21(19)28-22(30)17-9-7-16(8-10-17)14-27-23-26-13-11-20(29-23)18-4-3-12-25-15-18/h1-3,5-13,15,18H,4,14,24H2,(H,28,30)(H,26,27,29). The maximum Gasteiger partial charge on any atom is 0.255 e. The molecule has 0 radical (unpaired) electrons. The van der Waals surface area contributed by atoms with Crippen molar-refractivity contribution in [2.24, 2.45) is 4.99 Å². The predicted octanol–water partition coefficient (Wildman–Crippen LogP) is 4.00. The zero-order valence-electron chi connectivity index (χ0n) is 16.3. The van der Waals surface area contributed by atoms with Gasteiger partial charge in [-0.25, -0.2) is 9.97 Å². The smallest absolute Gasteiger partial charge is 0.255 e. The number of benzene rings is 2. The Kier molecular flexibility index (Phi) is 5.80. The summed E-state index contributed by atoms with van der Waals surface area (Å²) < 4.78 is 0. The number of carbonyl (C=O) groups excluding carboxylic acids is 1. The van der Waals surface area contributed by atoms with E-state index in [9.17, 15) is 4.79 Å². The van der Waals surface area contributed by atoms with E-state index in [1.807, 2.05) is 42.6 Å². The largest absolute Gasteiger partial charge is 0.397 e. The number of aliphatic imine (C=N–C) groups is 1. The summed E-state index contributed by atoms with van der Waals surface area (Å²) in [7, 11) is 0. The van der Waals surface area contributed by atoms with Gasteiger partial charge in [-0.3, -0.25) is 9.79 Å². The van der Waals surface area contributed by atoms with Crippen molar-refractivity contribution in [1.29, 1.82) is 0 Å². The van der Waals surface area contributed by atoms with Gasteiger partial charge in [0.2, 0.25) is 5.95 Å². The van der Waals surface area contributed by atoms with Crippen LogP contribution < -0.4 is 16.4 Å². The fourth-order valence-electron chi connectivity index (χ4n) is 3.10. The van der Waals surface area contributed by atoms with E-state index in [0.717, 1.165) is 17.7 Å². The van der Waals surface area contributed by atoms with Gasteiger partial charge in [0.15, 0.2) is 0 Å². The molecule has 2 heterocycles. The van der Waals surface area contributed by atoms with Crippen LogP contribution in [-0.4, -0.2) is 22.1 Å². The van der Waals surface area contributed by atoms with Crippen molar-refractivity contribution >= 4 is 29.4 Å². The summed E-state index contributed by atoms with van der Waals surface area (Å²) in [6.07, 6.45) is 8.37. The summed E-state index contributed by atoms with van der Waals surface area (Å²) in [6, 6.07) is 16.5. The Hall–Kier alpha value is -4.00. The maximum atomic E-state index is 12.4. The molecule has 0 spiro atoms. The average molecular weight is 398 g/mol. The van der Waals surface area contributed by atoms with Gasteiger partial charge in [-0.1, -0.05) is 30.3 Å². The van der Waals surface area contributed by atoms with Crippen molar-refractivity contribution in [3.63, 3.8) is 0 Å². The zero-order valence-corrected chi connectivity index (χ0v) is 16.3. The van der Waals surface area contributed by atoms with Gasteiger partial charge >= 0.3 is 0 Å². The molecule has 7 nitrogen and oxygen atoms in total. The Bertz CT molecular complexity index is 1090. The van der Waals surface area contributed by atoms with E-state index in [-0.39, 0.29) is 11.8 Å². The van der Waals surface area contributed by atoms with Crippen LogP contribution in [0.4, 0.5) is 17.3 Å². The van der Waals surface area contributed by atoms with Crippen LogP contribution in [0.5, 0.6) is 0 Å². The lowest BCUT2D eigenvalue weighted by atomic mass is 10.0. The monoisotopic (exact) mass is 398 g/mol. The number of rotatable bonds is 6. The molecule has 1 aliphatic rings. The third-order valence-corrected chi connectivity index (χ3v) is 4.78.